The molecule has 0 bridgehead atoms. The molecule has 2 rings (SSSR count). The monoisotopic (exact) mass is 250 g/mol. The summed E-state index contributed by atoms with van der Waals surface area (Å²) in [6.45, 7) is 3.07. The summed E-state index contributed by atoms with van der Waals surface area (Å²) in [6, 6.07) is 4.56. The first-order valence-corrected chi connectivity index (χ1v) is 6.31. The zero-order valence-corrected chi connectivity index (χ0v) is 10.6. The van der Waals surface area contributed by atoms with Crippen molar-refractivity contribution in [2.24, 2.45) is 11.1 Å². The van der Waals surface area contributed by atoms with Crippen LogP contribution < -0.4 is 11.1 Å². The highest BCUT2D eigenvalue weighted by Crippen LogP contribution is 2.47. The minimum absolute atomic E-state index is 0.124. The lowest BCUT2D eigenvalue weighted by Crippen LogP contribution is -2.31. The number of carbonyl (C=O) groups is 1. The van der Waals surface area contributed by atoms with Gasteiger partial charge in [-0.1, -0.05) is 11.6 Å². The van der Waals surface area contributed by atoms with Crippen molar-refractivity contribution in [3.63, 3.8) is 0 Å². The molecule has 1 aromatic rings. The van der Waals surface area contributed by atoms with Gasteiger partial charge in [-0.25, -0.2) is 4.39 Å². The highest BCUT2D eigenvalue weighted by Gasteiger charge is 2.41. The largest absolute Gasteiger partial charge is 0.351 e. The Bertz CT molecular complexity index is 455. The summed E-state index contributed by atoms with van der Waals surface area (Å²) in [4.78, 5) is 11.9. The molecule has 3 nitrogen and oxygen atoms in total. The van der Waals surface area contributed by atoms with E-state index in [0.29, 0.717) is 13.1 Å². The number of benzene rings is 1. The molecule has 0 aromatic heterocycles. The number of amides is 1. The summed E-state index contributed by atoms with van der Waals surface area (Å²) in [5.41, 5.74) is 6.72. The molecule has 0 unspecified atom stereocenters. The molecule has 1 aliphatic rings. The summed E-state index contributed by atoms with van der Waals surface area (Å²) in [5, 5.41) is 2.82. The van der Waals surface area contributed by atoms with E-state index >= 15 is 0 Å². The maximum Gasteiger partial charge on any atom is 0.254 e. The van der Waals surface area contributed by atoms with E-state index < -0.39 is 5.82 Å². The smallest absolute Gasteiger partial charge is 0.254 e. The fraction of sp³-hybridized carbons (Fsp3) is 0.500. The molecule has 0 radical (unpaired) electrons. The van der Waals surface area contributed by atoms with Crippen LogP contribution in [0.5, 0.6) is 0 Å². The normalized spacial score (nSPS) is 16.4. The van der Waals surface area contributed by atoms with Crippen molar-refractivity contribution in [1.29, 1.82) is 0 Å². The number of halogens is 1. The van der Waals surface area contributed by atoms with Gasteiger partial charge in [-0.15, -0.1) is 0 Å². The van der Waals surface area contributed by atoms with Crippen LogP contribution in [0.25, 0.3) is 0 Å². The Labute approximate surface area is 107 Å². The number of nitrogens with one attached hydrogen (secondary N) is 1. The molecule has 4 heteroatoms. The summed E-state index contributed by atoms with van der Waals surface area (Å²) in [5.74, 6) is -0.804. The molecule has 0 aliphatic heterocycles. The fourth-order valence-corrected chi connectivity index (χ4v) is 2.17. The number of rotatable bonds is 5. The Kier molecular flexibility index (Phi) is 3.66. The predicted octanol–water partition coefficient (Wildman–Crippen LogP) is 1.99. The SMILES string of the molecule is Cc1ccc(F)c(C(=O)NCC2(CCN)CC2)c1. The van der Waals surface area contributed by atoms with Gasteiger partial charge in [-0.2, -0.15) is 0 Å². The molecule has 18 heavy (non-hydrogen) atoms. The van der Waals surface area contributed by atoms with Gasteiger partial charge in [0.2, 0.25) is 0 Å². The molecule has 1 saturated carbocycles. The predicted molar refractivity (Wildman–Crippen MR) is 68.8 cm³/mol. The van der Waals surface area contributed by atoms with E-state index in [2.05, 4.69) is 5.32 Å². The van der Waals surface area contributed by atoms with Crippen LogP contribution in [0.1, 0.15) is 35.2 Å². The third-order valence-corrected chi connectivity index (χ3v) is 3.62. The first-order valence-electron chi connectivity index (χ1n) is 6.31. The first kappa shape index (κ1) is 13.0. The van der Waals surface area contributed by atoms with Crippen LogP contribution >= 0.6 is 0 Å². The molecule has 1 fully saturated rings. The minimum atomic E-state index is -0.471. The standard InChI is InChI=1S/C14H19FN2O/c1-10-2-3-12(15)11(8-10)13(18)17-9-14(4-5-14)6-7-16/h2-3,8H,4-7,9,16H2,1H3,(H,17,18). The van der Waals surface area contributed by atoms with E-state index in [-0.39, 0.29) is 16.9 Å². The molecule has 98 valence electrons. The van der Waals surface area contributed by atoms with Crippen molar-refractivity contribution in [3.8, 4) is 0 Å². The minimum Gasteiger partial charge on any atom is -0.351 e. The average molecular weight is 250 g/mol. The maximum absolute atomic E-state index is 13.5. The Morgan fingerprint density at radius 2 is 2.22 bits per heavy atom. The van der Waals surface area contributed by atoms with Crippen molar-refractivity contribution in [2.45, 2.75) is 26.2 Å². The van der Waals surface area contributed by atoms with Gasteiger partial charge < -0.3 is 11.1 Å². The summed E-state index contributed by atoms with van der Waals surface area (Å²) >= 11 is 0. The van der Waals surface area contributed by atoms with Crippen LogP contribution in [0, 0.1) is 18.2 Å². The average Bonchev–Trinajstić information content (AvgIpc) is 3.10. The molecule has 1 aromatic carbocycles. The second-order valence-electron chi connectivity index (χ2n) is 5.20. The zero-order valence-electron chi connectivity index (χ0n) is 10.6. The highest BCUT2D eigenvalue weighted by molar-refractivity contribution is 5.94. The molecule has 0 spiro atoms. The number of nitrogens with two attached hydrogens (primary N) is 1. The Balaban J connectivity index is 1.98. The Hall–Kier alpha value is -1.42. The molecule has 0 saturated heterocycles. The van der Waals surface area contributed by atoms with E-state index in [1.165, 1.54) is 6.07 Å². The topological polar surface area (TPSA) is 55.1 Å². The van der Waals surface area contributed by atoms with Gasteiger partial charge in [0.05, 0.1) is 5.56 Å². The third kappa shape index (κ3) is 2.88. The van der Waals surface area contributed by atoms with E-state index in [1.807, 2.05) is 6.92 Å². The van der Waals surface area contributed by atoms with E-state index in [9.17, 15) is 9.18 Å². The summed E-state index contributed by atoms with van der Waals surface area (Å²) in [6.07, 6.45) is 3.12. The Morgan fingerprint density at radius 3 is 2.83 bits per heavy atom. The van der Waals surface area contributed by atoms with E-state index in [4.69, 9.17) is 5.73 Å². The van der Waals surface area contributed by atoms with Gasteiger partial charge in [0.25, 0.3) is 5.91 Å². The van der Waals surface area contributed by atoms with Gasteiger partial charge in [0, 0.05) is 6.54 Å². The number of hydrogen-bond donors (Lipinski definition) is 2. The lowest BCUT2D eigenvalue weighted by Gasteiger charge is -2.15. The molecule has 1 aliphatic carbocycles. The van der Waals surface area contributed by atoms with Crippen LogP contribution in [0.4, 0.5) is 4.39 Å². The summed E-state index contributed by atoms with van der Waals surface area (Å²) < 4.78 is 13.5. The van der Waals surface area contributed by atoms with Crippen LogP contribution in [-0.4, -0.2) is 19.0 Å². The highest BCUT2D eigenvalue weighted by atomic mass is 19.1. The zero-order chi connectivity index (χ0) is 13.2. The van der Waals surface area contributed by atoms with Gasteiger partial charge >= 0.3 is 0 Å². The second-order valence-corrected chi connectivity index (χ2v) is 5.20. The second kappa shape index (κ2) is 5.06. The molecular weight excluding hydrogens is 231 g/mol. The van der Waals surface area contributed by atoms with Gasteiger partial charge in [-0.05, 0) is 50.3 Å². The molecule has 0 heterocycles. The van der Waals surface area contributed by atoms with Crippen molar-refractivity contribution in [3.05, 3.63) is 35.1 Å². The van der Waals surface area contributed by atoms with Gasteiger partial charge in [0.15, 0.2) is 0 Å². The number of aryl methyl sites for hydroxylation is 1. The maximum atomic E-state index is 13.5. The molecular formula is C14H19FN2O. The van der Waals surface area contributed by atoms with Crippen molar-refractivity contribution >= 4 is 5.91 Å². The van der Waals surface area contributed by atoms with Crippen LogP contribution in [-0.2, 0) is 0 Å². The lowest BCUT2D eigenvalue weighted by molar-refractivity contribution is 0.0940. The van der Waals surface area contributed by atoms with E-state index in [0.717, 1.165) is 24.8 Å². The van der Waals surface area contributed by atoms with Crippen molar-refractivity contribution < 1.29 is 9.18 Å². The first-order chi connectivity index (χ1) is 8.56. The third-order valence-electron chi connectivity index (χ3n) is 3.62. The molecule has 3 N–H and O–H groups in total. The number of hydrogen-bond acceptors (Lipinski definition) is 2. The van der Waals surface area contributed by atoms with E-state index in [1.54, 1.807) is 12.1 Å². The lowest BCUT2D eigenvalue weighted by atomic mass is 10.0. The number of carbonyl (C=O) groups excluding carboxylic acids is 1. The van der Waals surface area contributed by atoms with Crippen LogP contribution in [0.15, 0.2) is 18.2 Å². The van der Waals surface area contributed by atoms with Crippen LogP contribution in [0.2, 0.25) is 0 Å². The van der Waals surface area contributed by atoms with Gasteiger partial charge in [0.1, 0.15) is 5.82 Å². The van der Waals surface area contributed by atoms with Crippen molar-refractivity contribution in [1.82, 2.24) is 5.32 Å². The molecule has 1 amide bonds. The van der Waals surface area contributed by atoms with Crippen LogP contribution in [0.3, 0.4) is 0 Å². The fourth-order valence-electron chi connectivity index (χ4n) is 2.17. The summed E-state index contributed by atoms with van der Waals surface area (Å²) in [7, 11) is 0. The van der Waals surface area contributed by atoms with Gasteiger partial charge in [-0.3, -0.25) is 4.79 Å². The van der Waals surface area contributed by atoms with Crippen molar-refractivity contribution in [2.75, 3.05) is 13.1 Å². The Morgan fingerprint density at radius 1 is 1.50 bits per heavy atom. The quantitative estimate of drug-likeness (QED) is 0.839. The molecule has 0 atom stereocenters.